The number of hydrogen-bond acceptors (Lipinski definition) is 6. The van der Waals surface area contributed by atoms with Crippen LogP contribution in [-0.2, 0) is 11.3 Å². The summed E-state index contributed by atoms with van der Waals surface area (Å²) in [6.45, 7) is 1.69. The molecule has 0 fully saturated rings. The molecular weight excluding hydrogens is 310 g/mol. The van der Waals surface area contributed by atoms with Crippen LogP contribution < -0.4 is 11.1 Å². The first kappa shape index (κ1) is 17.7. The lowest BCUT2D eigenvalue weighted by Crippen LogP contribution is -2.36. The van der Waals surface area contributed by atoms with Gasteiger partial charge >= 0.3 is 6.09 Å². The van der Waals surface area contributed by atoms with Gasteiger partial charge in [-0.05, 0) is 24.1 Å². The molecular formula is C17H21N3O4. The summed E-state index contributed by atoms with van der Waals surface area (Å²) in [6, 6.07) is 10.9. The van der Waals surface area contributed by atoms with E-state index in [9.17, 15) is 15.0 Å². The van der Waals surface area contributed by atoms with E-state index in [4.69, 9.17) is 10.5 Å². The van der Waals surface area contributed by atoms with Crippen molar-refractivity contribution >= 4 is 11.8 Å². The van der Waals surface area contributed by atoms with Crippen molar-refractivity contribution in [1.82, 2.24) is 10.3 Å². The molecule has 2 atom stereocenters. The van der Waals surface area contributed by atoms with Crippen LogP contribution in [0.1, 0.15) is 22.9 Å². The number of carbonyl (C=O) groups is 1. The average Bonchev–Trinajstić information content (AvgIpc) is 2.58. The fourth-order valence-corrected chi connectivity index (χ4v) is 2.17. The predicted octanol–water partition coefficient (Wildman–Crippen LogP) is 1.29. The molecule has 2 aromatic rings. The van der Waals surface area contributed by atoms with Crippen molar-refractivity contribution in [2.45, 2.75) is 25.7 Å². The van der Waals surface area contributed by atoms with Crippen LogP contribution >= 0.6 is 0 Å². The average molecular weight is 331 g/mol. The number of aliphatic hydroxyl groups is 2. The van der Waals surface area contributed by atoms with Gasteiger partial charge in [0.15, 0.2) is 0 Å². The van der Waals surface area contributed by atoms with Gasteiger partial charge in [0.1, 0.15) is 18.8 Å². The first-order chi connectivity index (χ1) is 11.5. The minimum absolute atomic E-state index is 0.129. The number of aliphatic hydroxyl groups excluding tert-OH is 2. The number of anilines is 1. The van der Waals surface area contributed by atoms with Gasteiger partial charge in [-0.15, -0.1) is 0 Å². The summed E-state index contributed by atoms with van der Waals surface area (Å²) < 4.78 is 5.03. The van der Waals surface area contributed by atoms with Crippen molar-refractivity contribution in [1.29, 1.82) is 0 Å². The van der Waals surface area contributed by atoms with Gasteiger partial charge in [-0.2, -0.15) is 0 Å². The molecule has 0 saturated carbocycles. The normalized spacial score (nSPS) is 13.1. The predicted molar refractivity (Wildman–Crippen MR) is 89.0 cm³/mol. The van der Waals surface area contributed by atoms with E-state index in [2.05, 4.69) is 10.3 Å². The van der Waals surface area contributed by atoms with Gasteiger partial charge in [0.2, 0.25) is 0 Å². The third kappa shape index (κ3) is 4.94. The Morgan fingerprint density at radius 3 is 2.71 bits per heavy atom. The summed E-state index contributed by atoms with van der Waals surface area (Å²) in [4.78, 5) is 15.7. The molecule has 0 saturated heterocycles. The number of nitrogens with zero attached hydrogens (tertiary/aromatic N) is 1. The zero-order chi connectivity index (χ0) is 17.5. The van der Waals surface area contributed by atoms with Gasteiger partial charge in [-0.25, -0.2) is 4.79 Å². The number of hydrogen-bond donors (Lipinski definition) is 4. The summed E-state index contributed by atoms with van der Waals surface area (Å²) in [5.74, 6) is 0. The van der Waals surface area contributed by atoms with Crippen LogP contribution in [-0.4, -0.2) is 33.9 Å². The van der Waals surface area contributed by atoms with Crippen LogP contribution in [0.5, 0.6) is 0 Å². The molecule has 0 aliphatic rings. The monoisotopic (exact) mass is 331 g/mol. The van der Waals surface area contributed by atoms with Crippen molar-refractivity contribution in [3.8, 4) is 0 Å². The molecule has 7 nitrogen and oxygen atoms in total. The molecule has 1 aromatic heterocycles. The number of nitrogen functional groups attached to an aromatic ring is 1. The number of rotatable bonds is 6. The lowest BCUT2D eigenvalue weighted by atomic mass is 10.1. The molecule has 128 valence electrons. The minimum Gasteiger partial charge on any atom is -0.445 e. The second-order valence-electron chi connectivity index (χ2n) is 5.43. The second-order valence-corrected chi connectivity index (χ2v) is 5.43. The number of ether oxygens (including phenoxy) is 1. The van der Waals surface area contributed by atoms with Gasteiger partial charge in [-0.3, -0.25) is 4.98 Å². The SMILES string of the molecule is Cc1cc(N)cnc1C(O)C(O)CNC(=O)OCc1ccccc1. The topological polar surface area (TPSA) is 118 Å². The Kier molecular flexibility index (Phi) is 6.11. The maximum Gasteiger partial charge on any atom is 0.407 e. The quantitative estimate of drug-likeness (QED) is 0.633. The molecule has 2 rings (SSSR count). The third-order valence-electron chi connectivity index (χ3n) is 3.45. The number of benzene rings is 1. The Labute approximate surface area is 140 Å². The number of pyridine rings is 1. The highest BCUT2D eigenvalue weighted by atomic mass is 16.5. The van der Waals surface area contributed by atoms with Crippen molar-refractivity contribution in [2.75, 3.05) is 12.3 Å². The van der Waals surface area contributed by atoms with Gasteiger partial charge in [-0.1, -0.05) is 30.3 Å². The van der Waals surface area contributed by atoms with Gasteiger partial charge in [0, 0.05) is 6.54 Å². The maximum absolute atomic E-state index is 11.6. The highest BCUT2D eigenvalue weighted by molar-refractivity contribution is 5.67. The number of aryl methyl sites for hydroxylation is 1. The Balaban J connectivity index is 1.81. The molecule has 0 aliphatic carbocycles. The van der Waals surface area contributed by atoms with E-state index in [-0.39, 0.29) is 13.2 Å². The van der Waals surface area contributed by atoms with Crippen LogP contribution in [0, 0.1) is 6.92 Å². The number of nitrogens with one attached hydrogen (secondary N) is 1. The molecule has 2 unspecified atom stereocenters. The smallest absolute Gasteiger partial charge is 0.407 e. The maximum atomic E-state index is 11.6. The summed E-state index contributed by atoms with van der Waals surface area (Å²) in [6.07, 6.45) is -1.73. The zero-order valence-corrected chi connectivity index (χ0v) is 13.3. The lowest BCUT2D eigenvalue weighted by Gasteiger charge is -2.19. The molecule has 5 N–H and O–H groups in total. The Morgan fingerprint density at radius 1 is 1.33 bits per heavy atom. The highest BCUT2D eigenvalue weighted by Gasteiger charge is 2.22. The van der Waals surface area contributed by atoms with Crippen LogP contribution in [0.25, 0.3) is 0 Å². The molecule has 1 amide bonds. The first-order valence-electron chi connectivity index (χ1n) is 7.50. The minimum atomic E-state index is -1.24. The van der Waals surface area contributed by atoms with Crippen LogP contribution in [0.3, 0.4) is 0 Å². The van der Waals surface area contributed by atoms with E-state index in [1.165, 1.54) is 6.20 Å². The Morgan fingerprint density at radius 2 is 2.04 bits per heavy atom. The van der Waals surface area contributed by atoms with Crippen molar-refractivity contribution < 1.29 is 19.7 Å². The van der Waals surface area contributed by atoms with E-state index in [1.807, 2.05) is 30.3 Å². The fraction of sp³-hybridized carbons (Fsp3) is 0.294. The van der Waals surface area contributed by atoms with E-state index in [0.717, 1.165) is 5.56 Å². The molecule has 0 radical (unpaired) electrons. The summed E-state index contributed by atoms with van der Waals surface area (Å²) in [7, 11) is 0. The van der Waals surface area contributed by atoms with E-state index in [1.54, 1.807) is 13.0 Å². The van der Waals surface area contributed by atoms with Gasteiger partial charge < -0.3 is 26.0 Å². The molecule has 1 aromatic carbocycles. The molecule has 0 bridgehead atoms. The van der Waals surface area contributed by atoms with Crippen molar-refractivity contribution in [3.63, 3.8) is 0 Å². The molecule has 7 heteroatoms. The molecule has 1 heterocycles. The first-order valence-corrected chi connectivity index (χ1v) is 7.50. The van der Waals surface area contributed by atoms with Gasteiger partial charge in [0.05, 0.1) is 17.6 Å². The van der Waals surface area contributed by atoms with Crippen LogP contribution in [0.2, 0.25) is 0 Å². The summed E-state index contributed by atoms with van der Waals surface area (Å²) in [5, 5.41) is 22.6. The lowest BCUT2D eigenvalue weighted by molar-refractivity contribution is 0.0155. The Hall–Kier alpha value is -2.64. The summed E-state index contributed by atoms with van der Waals surface area (Å²) >= 11 is 0. The molecule has 0 aliphatic heterocycles. The van der Waals surface area contributed by atoms with Crippen LogP contribution in [0.15, 0.2) is 42.6 Å². The Bertz CT molecular complexity index is 679. The summed E-state index contributed by atoms with van der Waals surface area (Å²) in [5.41, 5.74) is 7.91. The number of nitrogens with two attached hydrogens (primary N) is 1. The fourth-order valence-electron chi connectivity index (χ4n) is 2.17. The molecule has 0 spiro atoms. The van der Waals surface area contributed by atoms with Crippen molar-refractivity contribution in [3.05, 3.63) is 59.4 Å². The van der Waals surface area contributed by atoms with Crippen LogP contribution in [0.4, 0.5) is 10.5 Å². The van der Waals surface area contributed by atoms with E-state index in [0.29, 0.717) is 16.9 Å². The number of alkyl carbamates (subject to hydrolysis) is 1. The number of carbonyl (C=O) groups excluding carboxylic acids is 1. The van der Waals surface area contributed by atoms with Crippen molar-refractivity contribution in [2.24, 2.45) is 0 Å². The standard InChI is InChI=1S/C17H21N3O4/c1-11-7-13(18)8-19-15(11)16(22)14(21)9-20-17(23)24-10-12-5-3-2-4-6-12/h2-8,14,16,21-22H,9-10,18H2,1H3,(H,20,23). The molecule has 24 heavy (non-hydrogen) atoms. The second kappa shape index (κ2) is 8.28. The zero-order valence-electron chi connectivity index (χ0n) is 13.3. The van der Waals surface area contributed by atoms with Gasteiger partial charge in [0.25, 0.3) is 0 Å². The highest BCUT2D eigenvalue weighted by Crippen LogP contribution is 2.19. The largest absolute Gasteiger partial charge is 0.445 e. The number of amides is 1. The third-order valence-corrected chi connectivity index (χ3v) is 3.45. The van der Waals surface area contributed by atoms with E-state index < -0.39 is 18.3 Å². The van der Waals surface area contributed by atoms with E-state index >= 15 is 0 Å². The number of aromatic nitrogens is 1.